The Morgan fingerprint density at radius 1 is 1.00 bits per heavy atom. The summed E-state index contributed by atoms with van der Waals surface area (Å²) in [5.41, 5.74) is 4.83. The van der Waals surface area contributed by atoms with E-state index in [4.69, 9.17) is 13.8 Å². The van der Waals surface area contributed by atoms with Crippen LogP contribution < -0.4 is 14.6 Å². The minimum Gasteiger partial charge on any atom is -0.457 e. The molecule has 1 aliphatic heterocycles. The number of hydrogen-bond donors (Lipinski definition) is 0. The highest BCUT2D eigenvalue weighted by molar-refractivity contribution is 7.62. The summed E-state index contributed by atoms with van der Waals surface area (Å²) in [5.74, 6) is 1.78. The molecule has 0 saturated heterocycles. The molecule has 1 unspecified atom stereocenters. The van der Waals surface area contributed by atoms with Crippen LogP contribution in [-0.4, -0.2) is 7.11 Å². The first kappa shape index (κ1) is 22.4. The summed E-state index contributed by atoms with van der Waals surface area (Å²) in [6, 6.07) is 19.2. The minimum atomic E-state index is -3.59. The number of benzene rings is 3. The van der Waals surface area contributed by atoms with Crippen molar-refractivity contribution in [3.63, 3.8) is 0 Å². The molecule has 1 aliphatic rings. The average molecular weight is 448 g/mol. The first-order valence-electron chi connectivity index (χ1n) is 11.0. The van der Waals surface area contributed by atoms with Crippen LogP contribution in [0.25, 0.3) is 16.9 Å². The number of ether oxygens (including phenoxy) is 1. The van der Waals surface area contributed by atoms with E-state index in [0.29, 0.717) is 22.6 Å². The van der Waals surface area contributed by atoms with Gasteiger partial charge in [0.1, 0.15) is 17.3 Å². The van der Waals surface area contributed by atoms with Crippen LogP contribution in [0.3, 0.4) is 0 Å². The van der Waals surface area contributed by atoms with E-state index in [1.165, 1.54) is 7.11 Å². The van der Waals surface area contributed by atoms with E-state index in [2.05, 4.69) is 25.6 Å². The van der Waals surface area contributed by atoms with Gasteiger partial charge in [-0.05, 0) is 49.6 Å². The second-order valence-corrected chi connectivity index (χ2v) is 10.2. The Morgan fingerprint density at radius 2 is 1.78 bits per heavy atom. The van der Waals surface area contributed by atoms with Crippen LogP contribution in [0.2, 0.25) is 0 Å². The SMILES string of the molecule is C=C1Oc2cc(CCCCC)cc(OP(=O)(OC)c3ccccc3)c2-c2cc(C)ccc21. The van der Waals surface area contributed by atoms with Crippen molar-refractivity contribution in [3.05, 3.63) is 83.9 Å². The third-order valence-electron chi connectivity index (χ3n) is 5.70. The van der Waals surface area contributed by atoms with Gasteiger partial charge in [0.05, 0.1) is 10.9 Å². The molecule has 0 aliphatic carbocycles. The average Bonchev–Trinajstić information content (AvgIpc) is 2.79. The van der Waals surface area contributed by atoms with Crippen LogP contribution >= 0.6 is 7.60 Å². The standard InChI is InChI=1S/C27H29O4P/c1-5-6-8-11-21-17-25-27(24-16-19(2)14-15-23(24)20(3)30-25)26(18-21)31-32(28,29-4)22-12-9-7-10-13-22/h7,9-10,12-18H,3,5-6,8,11H2,1-2,4H3. The highest BCUT2D eigenvalue weighted by atomic mass is 31.2. The van der Waals surface area contributed by atoms with Gasteiger partial charge in [-0.25, -0.2) is 4.57 Å². The molecule has 5 heteroatoms. The lowest BCUT2D eigenvalue weighted by molar-refractivity contribution is 0.333. The number of hydrogen-bond acceptors (Lipinski definition) is 4. The summed E-state index contributed by atoms with van der Waals surface area (Å²) in [6.07, 6.45) is 4.23. The van der Waals surface area contributed by atoms with Gasteiger partial charge in [-0.3, -0.25) is 4.52 Å². The lowest BCUT2D eigenvalue weighted by atomic mass is 9.91. The molecule has 32 heavy (non-hydrogen) atoms. The smallest absolute Gasteiger partial charge is 0.410 e. The molecule has 0 amide bonds. The topological polar surface area (TPSA) is 44.8 Å². The molecule has 0 aromatic heterocycles. The Bertz CT molecular complexity index is 1180. The van der Waals surface area contributed by atoms with E-state index in [1.807, 2.05) is 43.3 Å². The van der Waals surface area contributed by atoms with E-state index in [9.17, 15) is 4.57 Å². The van der Waals surface area contributed by atoms with Gasteiger partial charge in [0, 0.05) is 18.2 Å². The summed E-state index contributed by atoms with van der Waals surface area (Å²) < 4.78 is 31.6. The zero-order valence-electron chi connectivity index (χ0n) is 18.9. The fourth-order valence-electron chi connectivity index (χ4n) is 4.02. The van der Waals surface area contributed by atoms with E-state index in [1.54, 1.807) is 12.1 Å². The van der Waals surface area contributed by atoms with Crippen molar-refractivity contribution in [3.8, 4) is 22.6 Å². The van der Waals surface area contributed by atoms with Crippen LogP contribution in [0.5, 0.6) is 11.5 Å². The fourth-order valence-corrected chi connectivity index (χ4v) is 5.35. The van der Waals surface area contributed by atoms with Crippen LogP contribution in [0.15, 0.2) is 67.2 Å². The monoisotopic (exact) mass is 448 g/mol. The van der Waals surface area contributed by atoms with Crippen LogP contribution in [0.1, 0.15) is 42.9 Å². The van der Waals surface area contributed by atoms with Crippen molar-refractivity contribution in [1.29, 1.82) is 0 Å². The zero-order valence-corrected chi connectivity index (χ0v) is 19.8. The molecule has 4 nitrogen and oxygen atoms in total. The lowest BCUT2D eigenvalue weighted by Gasteiger charge is -2.27. The highest BCUT2D eigenvalue weighted by Gasteiger charge is 2.32. The summed E-state index contributed by atoms with van der Waals surface area (Å²) in [7, 11) is -2.17. The molecule has 4 rings (SSSR count). The third-order valence-corrected chi connectivity index (χ3v) is 7.55. The minimum absolute atomic E-state index is 0.502. The second kappa shape index (κ2) is 9.36. The number of fused-ring (bicyclic) bond motifs is 3. The van der Waals surface area contributed by atoms with Gasteiger partial charge < -0.3 is 9.26 Å². The Kier molecular flexibility index (Phi) is 6.55. The highest BCUT2D eigenvalue weighted by Crippen LogP contribution is 2.54. The molecule has 3 aromatic carbocycles. The molecule has 3 aromatic rings. The van der Waals surface area contributed by atoms with Gasteiger partial charge in [0.15, 0.2) is 0 Å². The molecule has 0 radical (unpaired) electrons. The van der Waals surface area contributed by atoms with Gasteiger partial charge in [0.2, 0.25) is 0 Å². The van der Waals surface area contributed by atoms with E-state index >= 15 is 0 Å². The van der Waals surface area contributed by atoms with E-state index in [-0.39, 0.29) is 0 Å². The Morgan fingerprint density at radius 3 is 2.50 bits per heavy atom. The molecular formula is C27H29O4P. The molecule has 0 bridgehead atoms. The summed E-state index contributed by atoms with van der Waals surface area (Å²) in [5, 5.41) is 0.512. The third kappa shape index (κ3) is 4.39. The van der Waals surface area contributed by atoms with Crippen molar-refractivity contribution in [2.24, 2.45) is 0 Å². The van der Waals surface area contributed by atoms with Crippen molar-refractivity contribution < 1.29 is 18.3 Å². The van der Waals surface area contributed by atoms with Gasteiger partial charge in [-0.15, -0.1) is 0 Å². The molecule has 0 fully saturated rings. The van der Waals surface area contributed by atoms with Crippen LogP contribution in [-0.2, 0) is 15.5 Å². The van der Waals surface area contributed by atoms with E-state index in [0.717, 1.165) is 53.5 Å². The number of rotatable bonds is 8. The van der Waals surface area contributed by atoms with E-state index < -0.39 is 7.60 Å². The van der Waals surface area contributed by atoms with Crippen molar-refractivity contribution >= 4 is 18.7 Å². The Labute approximate surface area is 190 Å². The van der Waals surface area contributed by atoms with Crippen molar-refractivity contribution in [2.45, 2.75) is 39.5 Å². The van der Waals surface area contributed by atoms with Crippen LogP contribution in [0, 0.1) is 6.92 Å². The maximum Gasteiger partial charge on any atom is 0.410 e. The van der Waals surface area contributed by atoms with Gasteiger partial charge >= 0.3 is 7.60 Å². The van der Waals surface area contributed by atoms with Gasteiger partial charge in [0.25, 0.3) is 0 Å². The number of aryl methyl sites for hydroxylation is 2. The molecule has 1 atom stereocenters. The summed E-state index contributed by atoms with van der Waals surface area (Å²) in [4.78, 5) is 0. The van der Waals surface area contributed by atoms with Crippen molar-refractivity contribution in [2.75, 3.05) is 7.11 Å². The maximum atomic E-state index is 13.8. The number of unbranched alkanes of at least 4 members (excludes halogenated alkanes) is 2. The molecule has 166 valence electrons. The molecule has 1 heterocycles. The largest absolute Gasteiger partial charge is 0.457 e. The van der Waals surface area contributed by atoms with Gasteiger partial charge in [-0.2, -0.15) is 0 Å². The quantitative estimate of drug-likeness (QED) is 0.268. The summed E-state index contributed by atoms with van der Waals surface area (Å²) >= 11 is 0. The zero-order chi connectivity index (χ0) is 22.7. The molecule has 0 spiro atoms. The first-order chi connectivity index (χ1) is 15.4. The Balaban J connectivity index is 1.87. The predicted octanol–water partition coefficient (Wildman–Crippen LogP) is 7.30. The predicted molar refractivity (Wildman–Crippen MR) is 131 cm³/mol. The van der Waals surface area contributed by atoms with Crippen molar-refractivity contribution in [1.82, 2.24) is 0 Å². The van der Waals surface area contributed by atoms with Gasteiger partial charge in [-0.1, -0.05) is 68.3 Å². The normalized spacial score (nSPS) is 14.2. The molecular weight excluding hydrogens is 419 g/mol. The Hall–Kier alpha value is -2.81. The first-order valence-corrected chi connectivity index (χ1v) is 12.6. The second-order valence-electron chi connectivity index (χ2n) is 8.11. The van der Waals surface area contributed by atoms with Crippen LogP contribution in [0.4, 0.5) is 0 Å². The maximum absolute atomic E-state index is 13.8. The molecule has 0 saturated carbocycles. The molecule has 0 N–H and O–H groups in total. The lowest BCUT2D eigenvalue weighted by Crippen LogP contribution is -2.13. The summed E-state index contributed by atoms with van der Waals surface area (Å²) in [6.45, 7) is 8.34. The fraction of sp³-hybridized carbons (Fsp3) is 0.259.